The van der Waals surface area contributed by atoms with Crippen molar-refractivity contribution in [3.63, 3.8) is 0 Å². The lowest BCUT2D eigenvalue weighted by atomic mass is 10.1. The number of carbonyl (C=O) groups excluding carboxylic acids is 1. The Balaban J connectivity index is 1.95. The van der Waals surface area contributed by atoms with Gasteiger partial charge in [0.2, 0.25) is 5.91 Å². The average molecular weight is 351 g/mol. The van der Waals surface area contributed by atoms with Gasteiger partial charge in [-0.3, -0.25) is 4.79 Å². The molecule has 2 rings (SSSR count). The molecule has 0 saturated heterocycles. The fraction of sp³-hybridized carbons (Fsp3) is 0.188. The van der Waals surface area contributed by atoms with Gasteiger partial charge in [-0.1, -0.05) is 28.9 Å². The summed E-state index contributed by atoms with van der Waals surface area (Å²) in [6, 6.07) is 11.7. The molecule has 0 bridgehead atoms. The molecule has 3 nitrogen and oxygen atoms in total. The second-order valence-electron chi connectivity index (χ2n) is 4.57. The SMILES string of the molecule is CCc1cc(Br)ccc1NCC(=O)Nc1cccc(F)c1. The van der Waals surface area contributed by atoms with Crippen molar-refractivity contribution in [2.45, 2.75) is 13.3 Å². The lowest BCUT2D eigenvalue weighted by Gasteiger charge is -2.11. The van der Waals surface area contributed by atoms with Crippen molar-refractivity contribution in [1.29, 1.82) is 0 Å². The minimum Gasteiger partial charge on any atom is -0.376 e. The van der Waals surface area contributed by atoms with E-state index in [2.05, 4.69) is 33.5 Å². The van der Waals surface area contributed by atoms with Gasteiger partial charge < -0.3 is 10.6 Å². The van der Waals surface area contributed by atoms with Crippen LogP contribution < -0.4 is 10.6 Å². The molecule has 0 heterocycles. The van der Waals surface area contributed by atoms with Crippen LogP contribution in [0.2, 0.25) is 0 Å². The van der Waals surface area contributed by atoms with Crippen LogP contribution >= 0.6 is 15.9 Å². The molecule has 0 fully saturated rings. The first kappa shape index (κ1) is 15.5. The number of nitrogens with one attached hydrogen (secondary N) is 2. The Labute approximate surface area is 131 Å². The summed E-state index contributed by atoms with van der Waals surface area (Å²) in [7, 11) is 0. The van der Waals surface area contributed by atoms with E-state index in [1.54, 1.807) is 12.1 Å². The van der Waals surface area contributed by atoms with Crippen LogP contribution in [0.5, 0.6) is 0 Å². The van der Waals surface area contributed by atoms with Gasteiger partial charge in [-0.25, -0.2) is 4.39 Å². The monoisotopic (exact) mass is 350 g/mol. The van der Waals surface area contributed by atoms with Crippen molar-refractivity contribution >= 4 is 33.2 Å². The number of hydrogen-bond donors (Lipinski definition) is 2. The van der Waals surface area contributed by atoms with Gasteiger partial charge in [-0.05, 0) is 48.4 Å². The summed E-state index contributed by atoms with van der Waals surface area (Å²) in [6.07, 6.45) is 0.868. The molecule has 0 atom stereocenters. The summed E-state index contributed by atoms with van der Waals surface area (Å²) >= 11 is 3.43. The molecular weight excluding hydrogens is 335 g/mol. The minimum absolute atomic E-state index is 0.130. The molecule has 2 aromatic carbocycles. The van der Waals surface area contributed by atoms with Gasteiger partial charge in [0.1, 0.15) is 5.82 Å². The number of rotatable bonds is 5. The van der Waals surface area contributed by atoms with Gasteiger partial charge in [0.25, 0.3) is 0 Å². The van der Waals surface area contributed by atoms with Gasteiger partial charge in [-0.15, -0.1) is 0 Å². The number of amides is 1. The maximum absolute atomic E-state index is 13.0. The van der Waals surface area contributed by atoms with E-state index in [1.807, 2.05) is 18.2 Å². The fourth-order valence-corrected chi connectivity index (χ4v) is 2.38. The predicted molar refractivity (Wildman–Crippen MR) is 87.0 cm³/mol. The lowest BCUT2D eigenvalue weighted by Crippen LogP contribution is -2.22. The van der Waals surface area contributed by atoms with Gasteiger partial charge in [-0.2, -0.15) is 0 Å². The fourth-order valence-electron chi connectivity index (χ4n) is 1.97. The third-order valence-corrected chi connectivity index (χ3v) is 3.49. The summed E-state index contributed by atoms with van der Waals surface area (Å²) < 4.78 is 14.0. The van der Waals surface area contributed by atoms with Crippen molar-refractivity contribution in [3.05, 3.63) is 58.3 Å². The zero-order chi connectivity index (χ0) is 15.2. The van der Waals surface area contributed by atoms with Crippen LogP contribution in [0.4, 0.5) is 15.8 Å². The highest BCUT2D eigenvalue weighted by molar-refractivity contribution is 9.10. The third-order valence-electron chi connectivity index (χ3n) is 3.00. The van der Waals surface area contributed by atoms with Crippen molar-refractivity contribution in [2.75, 3.05) is 17.2 Å². The Morgan fingerprint density at radius 2 is 2.05 bits per heavy atom. The van der Waals surface area contributed by atoms with Crippen LogP contribution in [0, 0.1) is 5.82 Å². The van der Waals surface area contributed by atoms with E-state index in [4.69, 9.17) is 0 Å². The van der Waals surface area contributed by atoms with Crippen LogP contribution in [0.1, 0.15) is 12.5 Å². The first-order valence-electron chi connectivity index (χ1n) is 6.66. The molecule has 110 valence electrons. The van der Waals surface area contributed by atoms with Crippen LogP contribution in [-0.2, 0) is 11.2 Å². The molecule has 0 radical (unpaired) electrons. The Morgan fingerprint density at radius 3 is 2.76 bits per heavy atom. The van der Waals surface area contributed by atoms with Gasteiger partial charge in [0, 0.05) is 15.8 Å². The molecule has 0 aliphatic rings. The second-order valence-corrected chi connectivity index (χ2v) is 5.48. The molecule has 0 spiro atoms. The highest BCUT2D eigenvalue weighted by atomic mass is 79.9. The summed E-state index contributed by atoms with van der Waals surface area (Å²) in [6.45, 7) is 2.19. The minimum atomic E-state index is -0.373. The number of aryl methyl sites for hydroxylation is 1. The molecule has 0 aliphatic carbocycles. The maximum Gasteiger partial charge on any atom is 0.243 e. The molecule has 2 aromatic rings. The Hall–Kier alpha value is -1.88. The summed E-state index contributed by atoms with van der Waals surface area (Å²) in [5.41, 5.74) is 2.51. The second kappa shape index (κ2) is 7.22. The van der Waals surface area contributed by atoms with Gasteiger partial charge in [0.05, 0.1) is 6.54 Å². The molecule has 0 unspecified atom stereocenters. The quantitative estimate of drug-likeness (QED) is 0.848. The van der Waals surface area contributed by atoms with Crippen molar-refractivity contribution in [2.24, 2.45) is 0 Å². The highest BCUT2D eigenvalue weighted by Gasteiger charge is 2.06. The van der Waals surface area contributed by atoms with Crippen molar-refractivity contribution in [1.82, 2.24) is 0 Å². The molecule has 0 aromatic heterocycles. The normalized spacial score (nSPS) is 10.2. The molecule has 5 heteroatoms. The average Bonchev–Trinajstić information content (AvgIpc) is 2.45. The van der Waals surface area contributed by atoms with Crippen LogP contribution in [0.25, 0.3) is 0 Å². The topological polar surface area (TPSA) is 41.1 Å². The molecule has 2 N–H and O–H groups in total. The lowest BCUT2D eigenvalue weighted by molar-refractivity contribution is -0.114. The summed E-state index contributed by atoms with van der Waals surface area (Å²) in [5.74, 6) is -0.590. The highest BCUT2D eigenvalue weighted by Crippen LogP contribution is 2.21. The molecular formula is C16H16BrFN2O. The van der Waals surface area contributed by atoms with E-state index < -0.39 is 0 Å². The maximum atomic E-state index is 13.0. The van der Waals surface area contributed by atoms with Gasteiger partial charge >= 0.3 is 0 Å². The van der Waals surface area contributed by atoms with Crippen molar-refractivity contribution < 1.29 is 9.18 Å². The predicted octanol–water partition coefficient (Wildman–Crippen LogP) is 4.20. The standard InChI is InChI=1S/C16H16BrFN2O/c1-2-11-8-12(17)6-7-15(11)19-10-16(21)20-14-5-3-4-13(18)9-14/h3-9,19H,2,10H2,1H3,(H,20,21). The summed E-state index contributed by atoms with van der Waals surface area (Å²) in [5, 5.41) is 5.75. The van der Waals surface area contributed by atoms with Crippen LogP contribution in [0.15, 0.2) is 46.9 Å². The number of anilines is 2. The van der Waals surface area contributed by atoms with E-state index in [0.29, 0.717) is 5.69 Å². The largest absolute Gasteiger partial charge is 0.376 e. The smallest absolute Gasteiger partial charge is 0.243 e. The zero-order valence-electron chi connectivity index (χ0n) is 11.6. The van der Waals surface area contributed by atoms with E-state index >= 15 is 0 Å². The van der Waals surface area contributed by atoms with E-state index in [1.165, 1.54) is 12.1 Å². The Bertz CT molecular complexity index is 646. The Kier molecular flexibility index (Phi) is 5.33. The van der Waals surface area contributed by atoms with E-state index in [0.717, 1.165) is 22.1 Å². The van der Waals surface area contributed by atoms with Crippen LogP contribution in [-0.4, -0.2) is 12.5 Å². The third kappa shape index (κ3) is 4.56. The first-order chi connectivity index (χ1) is 10.1. The van der Waals surface area contributed by atoms with E-state index in [-0.39, 0.29) is 18.3 Å². The number of halogens is 2. The van der Waals surface area contributed by atoms with Gasteiger partial charge in [0.15, 0.2) is 0 Å². The Morgan fingerprint density at radius 1 is 1.24 bits per heavy atom. The van der Waals surface area contributed by atoms with Crippen LogP contribution in [0.3, 0.4) is 0 Å². The number of hydrogen-bond acceptors (Lipinski definition) is 2. The zero-order valence-corrected chi connectivity index (χ0v) is 13.2. The summed E-state index contributed by atoms with van der Waals surface area (Å²) in [4.78, 5) is 11.9. The molecule has 0 aliphatic heterocycles. The van der Waals surface area contributed by atoms with E-state index in [9.17, 15) is 9.18 Å². The van der Waals surface area contributed by atoms with Crippen molar-refractivity contribution in [3.8, 4) is 0 Å². The molecule has 0 saturated carbocycles. The molecule has 1 amide bonds. The first-order valence-corrected chi connectivity index (χ1v) is 7.45. The number of carbonyl (C=O) groups is 1. The number of benzene rings is 2. The molecule has 21 heavy (non-hydrogen) atoms.